The van der Waals surface area contributed by atoms with Crippen LogP contribution in [-0.2, 0) is 0 Å². The number of aromatic nitrogens is 8. The summed E-state index contributed by atoms with van der Waals surface area (Å²) in [5.41, 5.74) is 3.49. The Balaban J connectivity index is 1.90. The monoisotopic (exact) mass is 342 g/mol. The molecular weight excluding hydrogens is 328 g/mol. The van der Waals surface area contributed by atoms with E-state index in [1.807, 2.05) is 79.9 Å². The van der Waals surface area contributed by atoms with Gasteiger partial charge in [0.25, 0.3) is 0 Å². The van der Waals surface area contributed by atoms with E-state index in [1.54, 1.807) is 24.8 Å². The van der Waals surface area contributed by atoms with Crippen LogP contribution in [0.1, 0.15) is 0 Å². The van der Waals surface area contributed by atoms with E-state index in [0.717, 1.165) is 22.7 Å². The Hall–Kier alpha value is -3.94. The van der Waals surface area contributed by atoms with Gasteiger partial charge in [-0.05, 0) is 36.4 Å². The van der Waals surface area contributed by atoms with Gasteiger partial charge in [-0.15, -0.1) is 0 Å². The SMILES string of the molecule is c1cnn(-c2ccc(-n3cccn3)c(-n3cccn3)c2-n2cccn2)c1. The quantitative estimate of drug-likeness (QED) is 0.503. The van der Waals surface area contributed by atoms with Gasteiger partial charge in [-0.1, -0.05) is 0 Å². The number of nitrogens with zero attached hydrogens (tertiary/aromatic N) is 8. The number of hydrogen-bond donors (Lipinski definition) is 0. The van der Waals surface area contributed by atoms with Gasteiger partial charge in [0, 0.05) is 49.6 Å². The maximum absolute atomic E-state index is 4.45. The molecule has 0 bridgehead atoms. The Morgan fingerprint density at radius 3 is 1.12 bits per heavy atom. The minimum absolute atomic E-state index is 0.857. The van der Waals surface area contributed by atoms with Crippen LogP contribution in [0.2, 0.25) is 0 Å². The molecule has 0 fully saturated rings. The smallest absolute Gasteiger partial charge is 0.118 e. The molecule has 26 heavy (non-hydrogen) atoms. The third-order valence-electron chi connectivity index (χ3n) is 4.08. The van der Waals surface area contributed by atoms with Gasteiger partial charge in [0.15, 0.2) is 0 Å². The van der Waals surface area contributed by atoms with E-state index >= 15 is 0 Å². The zero-order chi connectivity index (χ0) is 17.3. The average molecular weight is 342 g/mol. The molecular formula is C18H14N8. The molecule has 0 aliphatic rings. The maximum atomic E-state index is 4.45. The average Bonchev–Trinajstić information content (AvgIpc) is 3.49. The minimum atomic E-state index is 0.857. The van der Waals surface area contributed by atoms with Crippen molar-refractivity contribution in [2.24, 2.45) is 0 Å². The van der Waals surface area contributed by atoms with Crippen molar-refractivity contribution in [2.45, 2.75) is 0 Å². The Kier molecular flexibility index (Phi) is 3.24. The summed E-state index contributed by atoms with van der Waals surface area (Å²) in [6, 6.07) is 11.6. The van der Waals surface area contributed by atoms with E-state index in [1.165, 1.54) is 0 Å². The van der Waals surface area contributed by atoms with Crippen molar-refractivity contribution < 1.29 is 0 Å². The van der Waals surface area contributed by atoms with Crippen molar-refractivity contribution in [1.29, 1.82) is 0 Å². The Morgan fingerprint density at radius 2 is 0.808 bits per heavy atom. The Bertz CT molecular complexity index is 1010. The summed E-state index contributed by atoms with van der Waals surface area (Å²) in [4.78, 5) is 0. The first-order valence-electron chi connectivity index (χ1n) is 8.09. The molecule has 126 valence electrons. The second kappa shape index (κ2) is 5.85. The summed E-state index contributed by atoms with van der Waals surface area (Å²) in [7, 11) is 0. The van der Waals surface area contributed by atoms with Gasteiger partial charge in [-0.3, -0.25) is 0 Å². The largest absolute Gasteiger partial charge is 0.239 e. The van der Waals surface area contributed by atoms with Crippen LogP contribution in [0.3, 0.4) is 0 Å². The lowest BCUT2D eigenvalue weighted by molar-refractivity contribution is 0.777. The van der Waals surface area contributed by atoms with E-state index in [-0.39, 0.29) is 0 Å². The highest BCUT2D eigenvalue weighted by molar-refractivity contribution is 5.72. The second-order valence-corrected chi connectivity index (χ2v) is 5.60. The minimum Gasteiger partial charge on any atom is -0.239 e. The molecule has 0 unspecified atom stereocenters. The van der Waals surface area contributed by atoms with E-state index in [0.29, 0.717) is 0 Å². The molecule has 0 aliphatic heterocycles. The number of hydrogen-bond acceptors (Lipinski definition) is 4. The standard InChI is InChI=1S/C18H14N8/c1-7-19-23(11-1)15-5-6-16(24-12-2-8-20-24)18(26-14-4-10-22-26)17(15)25-13-3-9-21-25/h1-14H. The predicted octanol–water partition coefficient (Wildman–Crippen LogP) is 2.43. The van der Waals surface area contributed by atoms with Crippen LogP contribution in [-0.4, -0.2) is 39.1 Å². The van der Waals surface area contributed by atoms with E-state index in [2.05, 4.69) is 20.4 Å². The third kappa shape index (κ3) is 2.24. The summed E-state index contributed by atoms with van der Waals surface area (Å²) in [6.07, 6.45) is 14.6. The first-order valence-corrected chi connectivity index (χ1v) is 8.09. The highest BCUT2D eigenvalue weighted by Crippen LogP contribution is 2.31. The highest BCUT2D eigenvalue weighted by Gasteiger charge is 2.20. The van der Waals surface area contributed by atoms with E-state index in [4.69, 9.17) is 0 Å². The van der Waals surface area contributed by atoms with Crippen LogP contribution >= 0.6 is 0 Å². The zero-order valence-electron chi connectivity index (χ0n) is 13.7. The molecule has 5 rings (SSSR count). The van der Waals surface area contributed by atoms with Crippen molar-refractivity contribution in [3.63, 3.8) is 0 Å². The van der Waals surface area contributed by atoms with Crippen molar-refractivity contribution in [3.05, 3.63) is 86.0 Å². The lowest BCUT2D eigenvalue weighted by Crippen LogP contribution is -2.13. The van der Waals surface area contributed by atoms with Crippen molar-refractivity contribution in [3.8, 4) is 22.7 Å². The van der Waals surface area contributed by atoms with Crippen LogP contribution in [0.15, 0.2) is 86.0 Å². The molecule has 0 aliphatic carbocycles. The topological polar surface area (TPSA) is 71.3 Å². The first kappa shape index (κ1) is 14.4. The van der Waals surface area contributed by atoms with Crippen LogP contribution in [0.4, 0.5) is 0 Å². The molecule has 0 saturated heterocycles. The molecule has 4 aromatic heterocycles. The van der Waals surface area contributed by atoms with Gasteiger partial charge < -0.3 is 0 Å². The van der Waals surface area contributed by atoms with Gasteiger partial charge >= 0.3 is 0 Å². The van der Waals surface area contributed by atoms with Crippen molar-refractivity contribution in [1.82, 2.24) is 39.1 Å². The summed E-state index contributed by atoms with van der Waals surface area (Å²) in [5, 5.41) is 17.7. The summed E-state index contributed by atoms with van der Waals surface area (Å²) >= 11 is 0. The molecule has 0 amide bonds. The second-order valence-electron chi connectivity index (χ2n) is 5.60. The first-order chi connectivity index (χ1) is 12.9. The molecule has 0 radical (unpaired) electrons. The normalized spacial score (nSPS) is 11.1. The lowest BCUT2D eigenvalue weighted by Gasteiger charge is -2.18. The fourth-order valence-corrected chi connectivity index (χ4v) is 3.00. The Labute approximate surface area is 148 Å². The molecule has 0 saturated carbocycles. The van der Waals surface area contributed by atoms with Crippen molar-refractivity contribution >= 4 is 0 Å². The molecule has 0 atom stereocenters. The molecule has 0 N–H and O–H groups in total. The van der Waals surface area contributed by atoms with Crippen LogP contribution in [0, 0.1) is 0 Å². The molecule has 5 aromatic rings. The molecule has 0 spiro atoms. The van der Waals surface area contributed by atoms with Gasteiger partial charge in [0.05, 0.1) is 11.4 Å². The fraction of sp³-hybridized carbons (Fsp3) is 0. The number of benzene rings is 1. The fourth-order valence-electron chi connectivity index (χ4n) is 3.00. The zero-order valence-corrected chi connectivity index (χ0v) is 13.7. The van der Waals surface area contributed by atoms with Gasteiger partial charge in [0.2, 0.25) is 0 Å². The van der Waals surface area contributed by atoms with Gasteiger partial charge in [-0.25, -0.2) is 18.7 Å². The number of rotatable bonds is 4. The summed E-state index contributed by atoms with van der Waals surface area (Å²) in [5.74, 6) is 0. The van der Waals surface area contributed by atoms with E-state index < -0.39 is 0 Å². The third-order valence-corrected chi connectivity index (χ3v) is 4.08. The predicted molar refractivity (Wildman–Crippen MR) is 94.9 cm³/mol. The summed E-state index contributed by atoms with van der Waals surface area (Å²) in [6.45, 7) is 0. The van der Waals surface area contributed by atoms with Crippen LogP contribution in [0.5, 0.6) is 0 Å². The Morgan fingerprint density at radius 1 is 0.462 bits per heavy atom. The molecule has 1 aromatic carbocycles. The van der Waals surface area contributed by atoms with E-state index in [9.17, 15) is 0 Å². The van der Waals surface area contributed by atoms with Gasteiger partial charge in [-0.2, -0.15) is 20.4 Å². The molecule has 8 nitrogen and oxygen atoms in total. The van der Waals surface area contributed by atoms with Crippen LogP contribution in [0.25, 0.3) is 22.7 Å². The molecule has 4 heterocycles. The molecule has 8 heteroatoms. The summed E-state index contributed by atoms with van der Waals surface area (Å²) < 4.78 is 7.27. The highest BCUT2D eigenvalue weighted by atomic mass is 15.4. The van der Waals surface area contributed by atoms with Crippen molar-refractivity contribution in [2.75, 3.05) is 0 Å². The van der Waals surface area contributed by atoms with Gasteiger partial charge in [0.1, 0.15) is 11.4 Å². The maximum Gasteiger partial charge on any atom is 0.118 e. The van der Waals surface area contributed by atoms with Crippen LogP contribution < -0.4 is 0 Å². The lowest BCUT2D eigenvalue weighted by atomic mass is 10.2.